The maximum absolute atomic E-state index is 12.3. The maximum Gasteiger partial charge on any atom is 0.317 e. The number of urea groups is 1. The zero-order chi connectivity index (χ0) is 16.7. The molecule has 1 saturated heterocycles. The predicted molar refractivity (Wildman–Crippen MR) is 90.7 cm³/mol. The van der Waals surface area contributed by atoms with Crippen molar-refractivity contribution in [2.45, 2.75) is 32.6 Å². The molecule has 5 heteroatoms. The third kappa shape index (κ3) is 4.61. The van der Waals surface area contributed by atoms with Crippen LogP contribution < -0.4 is 10.1 Å². The number of hydrogen-bond acceptors (Lipinski definition) is 3. The number of nitrogens with one attached hydrogen (secondary N) is 1. The summed E-state index contributed by atoms with van der Waals surface area (Å²) in [7, 11) is 1.65. The van der Waals surface area contributed by atoms with Gasteiger partial charge in [-0.15, -0.1) is 0 Å². The van der Waals surface area contributed by atoms with E-state index in [0.717, 1.165) is 38.0 Å². The van der Waals surface area contributed by atoms with Gasteiger partial charge in [0.15, 0.2) is 0 Å². The Kier molecular flexibility index (Phi) is 6.28. The van der Waals surface area contributed by atoms with E-state index in [-0.39, 0.29) is 18.1 Å². The Bertz CT molecular complexity index is 497. The van der Waals surface area contributed by atoms with Gasteiger partial charge in [-0.25, -0.2) is 4.79 Å². The molecule has 0 radical (unpaired) electrons. The molecule has 1 fully saturated rings. The van der Waals surface area contributed by atoms with E-state index in [0.29, 0.717) is 13.1 Å². The number of nitrogens with zero attached hydrogens (tertiary/aromatic N) is 1. The van der Waals surface area contributed by atoms with E-state index in [1.807, 2.05) is 29.2 Å². The molecule has 0 aliphatic carbocycles. The molecule has 1 aromatic rings. The lowest BCUT2D eigenvalue weighted by Gasteiger charge is -2.41. The number of carbonyl (C=O) groups is 1. The Hall–Kier alpha value is -1.75. The smallest absolute Gasteiger partial charge is 0.317 e. The molecule has 2 amide bonds. The van der Waals surface area contributed by atoms with E-state index in [1.54, 1.807) is 7.11 Å². The van der Waals surface area contributed by atoms with Crippen LogP contribution in [-0.4, -0.2) is 49.4 Å². The summed E-state index contributed by atoms with van der Waals surface area (Å²) < 4.78 is 5.14. The summed E-state index contributed by atoms with van der Waals surface area (Å²) >= 11 is 0. The number of rotatable bonds is 6. The van der Waals surface area contributed by atoms with E-state index < -0.39 is 0 Å². The minimum atomic E-state index is -0.119. The Morgan fingerprint density at radius 3 is 2.74 bits per heavy atom. The topological polar surface area (TPSA) is 61.8 Å². The third-order valence-corrected chi connectivity index (χ3v) is 4.88. The van der Waals surface area contributed by atoms with Crippen molar-refractivity contribution in [3.8, 4) is 5.75 Å². The Morgan fingerprint density at radius 1 is 1.39 bits per heavy atom. The van der Waals surface area contributed by atoms with Crippen LogP contribution in [0.2, 0.25) is 0 Å². The number of hydrogen-bond donors (Lipinski definition) is 2. The van der Waals surface area contributed by atoms with Crippen LogP contribution in [-0.2, 0) is 6.42 Å². The third-order valence-electron chi connectivity index (χ3n) is 4.88. The average molecular weight is 320 g/mol. The van der Waals surface area contributed by atoms with Gasteiger partial charge in [0.1, 0.15) is 5.75 Å². The summed E-state index contributed by atoms with van der Waals surface area (Å²) in [6.07, 6.45) is 3.65. The van der Waals surface area contributed by atoms with Crippen LogP contribution in [0.25, 0.3) is 0 Å². The molecule has 1 aromatic carbocycles. The molecule has 5 nitrogen and oxygen atoms in total. The highest BCUT2D eigenvalue weighted by molar-refractivity contribution is 5.74. The zero-order valence-electron chi connectivity index (χ0n) is 14.2. The fraction of sp³-hybridized carbons (Fsp3) is 0.611. The van der Waals surface area contributed by atoms with Crippen molar-refractivity contribution in [2.24, 2.45) is 5.41 Å². The monoisotopic (exact) mass is 320 g/mol. The molecule has 1 atom stereocenters. The lowest BCUT2D eigenvalue weighted by molar-refractivity contribution is 0.0441. The van der Waals surface area contributed by atoms with Crippen LogP contribution in [0.4, 0.5) is 4.79 Å². The second-order valence-electron chi connectivity index (χ2n) is 6.37. The first-order valence-electron chi connectivity index (χ1n) is 8.39. The standard InChI is InChI=1S/C18H28N2O3/c1-3-18(14-21)10-4-12-20(13-18)17(22)19-11-9-15-5-7-16(23-2)8-6-15/h5-8,21H,3-4,9-14H2,1-2H3,(H,19,22)/t18-/m1/s1. The number of benzene rings is 1. The van der Waals surface area contributed by atoms with Crippen LogP contribution in [0, 0.1) is 5.41 Å². The average Bonchev–Trinajstić information content (AvgIpc) is 2.62. The molecule has 0 unspecified atom stereocenters. The summed E-state index contributed by atoms with van der Waals surface area (Å²) in [6.45, 7) is 4.27. The number of ether oxygens (including phenoxy) is 1. The Labute approximate surface area is 138 Å². The quantitative estimate of drug-likeness (QED) is 0.846. The van der Waals surface area contributed by atoms with Crippen LogP contribution in [0.5, 0.6) is 5.75 Å². The highest BCUT2D eigenvalue weighted by Crippen LogP contribution is 2.32. The largest absolute Gasteiger partial charge is 0.497 e. The van der Waals surface area contributed by atoms with Gasteiger partial charge >= 0.3 is 6.03 Å². The van der Waals surface area contributed by atoms with Gasteiger partial charge in [0.2, 0.25) is 0 Å². The predicted octanol–water partition coefficient (Wildman–Crippen LogP) is 2.43. The second kappa shape index (κ2) is 8.20. The summed E-state index contributed by atoms with van der Waals surface area (Å²) in [5.41, 5.74) is 1.05. The molecule has 0 bridgehead atoms. The van der Waals surface area contributed by atoms with Gasteiger partial charge in [-0.1, -0.05) is 19.1 Å². The number of likely N-dealkylation sites (tertiary alicyclic amines) is 1. The molecule has 2 N–H and O–H groups in total. The lowest BCUT2D eigenvalue weighted by atomic mass is 9.78. The van der Waals surface area contributed by atoms with Gasteiger partial charge in [-0.2, -0.15) is 0 Å². The minimum absolute atomic E-state index is 0.0236. The molecule has 2 rings (SSSR count). The number of carbonyl (C=O) groups excluding carboxylic acids is 1. The van der Waals surface area contributed by atoms with E-state index in [1.165, 1.54) is 5.56 Å². The Balaban J connectivity index is 1.79. The van der Waals surface area contributed by atoms with Crippen LogP contribution in [0.1, 0.15) is 31.7 Å². The maximum atomic E-state index is 12.3. The first-order chi connectivity index (χ1) is 11.1. The molecule has 128 valence electrons. The van der Waals surface area contributed by atoms with Crippen molar-refractivity contribution < 1.29 is 14.6 Å². The normalized spacial score (nSPS) is 21.1. The van der Waals surface area contributed by atoms with E-state index in [4.69, 9.17) is 4.74 Å². The highest BCUT2D eigenvalue weighted by Gasteiger charge is 2.35. The second-order valence-corrected chi connectivity index (χ2v) is 6.37. The SMILES string of the molecule is CC[C@@]1(CO)CCCN(C(=O)NCCc2ccc(OC)cc2)C1. The van der Waals surface area contributed by atoms with Crippen molar-refractivity contribution in [1.29, 1.82) is 0 Å². The summed E-state index contributed by atoms with van der Waals surface area (Å²) in [6, 6.07) is 7.86. The van der Waals surface area contributed by atoms with Gasteiger partial charge in [0.05, 0.1) is 13.7 Å². The first kappa shape index (κ1) is 17.6. The van der Waals surface area contributed by atoms with Gasteiger partial charge < -0.3 is 20.1 Å². The van der Waals surface area contributed by atoms with Crippen LogP contribution in [0.3, 0.4) is 0 Å². The van der Waals surface area contributed by atoms with Crippen molar-refractivity contribution in [3.05, 3.63) is 29.8 Å². The lowest BCUT2D eigenvalue weighted by Crippen LogP contribution is -2.51. The summed E-state index contributed by atoms with van der Waals surface area (Å²) in [5, 5.41) is 12.6. The van der Waals surface area contributed by atoms with E-state index in [2.05, 4.69) is 12.2 Å². The number of methoxy groups -OCH3 is 1. The fourth-order valence-corrected chi connectivity index (χ4v) is 3.13. The molecular formula is C18H28N2O3. The minimum Gasteiger partial charge on any atom is -0.497 e. The number of amides is 2. The van der Waals surface area contributed by atoms with Crippen molar-refractivity contribution in [1.82, 2.24) is 10.2 Å². The van der Waals surface area contributed by atoms with Crippen LogP contribution >= 0.6 is 0 Å². The molecule has 0 aromatic heterocycles. The van der Waals surface area contributed by atoms with E-state index >= 15 is 0 Å². The summed E-state index contributed by atoms with van der Waals surface area (Å²) in [5.74, 6) is 0.839. The molecule has 1 aliphatic rings. The van der Waals surface area contributed by atoms with Gasteiger partial charge in [-0.05, 0) is 43.4 Å². The first-order valence-corrected chi connectivity index (χ1v) is 8.39. The van der Waals surface area contributed by atoms with Crippen molar-refractivity contribution in [3.63, 3.8) is 0 Å². The molecular weight excluding hydrogens is 292 g/mol. The Morgan fingerprint density at radius 2 is 2.13 bits per heavy atom. The molecule has 23 heavy (non-hydrogen) atoms. The fourth-order valence-electron chi connectivity index (χ4n) is 3.13. The van der Waals surface area contributed by atoms with E-state index in [9.17, 15) is 9.90 Å². The zero-order valence-corrected chi connectivity index (χ0v) is 14.2. The van der Waals surface area contributed by atoms with Crippen molar-refractivity contribution in [2.75, 3.05) is 33.4 Å². The number of aliphatic hydroxyl groups excluding tert-OH is 1. The number of aliphatic hydroxyl groups is 1. The molecule has 1 aliphatic heterocycles. The van der Waals surface area contributed by atoms with Crippen molar-refractivity contribution >= 4 is 6.03 Å². The van der Waals surface area contributed by atoms with Gasteiger partial charge in [-0.3, -0.25) is 0 Å². The molecule has 0 saturated carbocycles. The number of piperidine rings is 1. The molecule has 1 heterocycles. The molecule has 0 spiro atoms. The van der Waals surface area contributed by atoms with Crippen LogP contribution in [0.15, 0.2) is 24.3 Å². The summed E-state index contributed by atoms with van der Waals surface area (Å²) in [4.78, 5) is 14.2. The highest BCUT2D eigenvalue weighted by atomic mass is 16.5. The van der Waals surface area contributed by atoms with Gasteiger partial charge in [0.25, 0.3) is 0 Å². The van der Waals surface area contributed by atoms with Gasteiger partial charge in [0, 0.05) is 25.0 Å².